The van der Waals surface area contributed by atoms with Crippen molar-refractivity contribution in [3.8, 4) is 0 Å². The van der Waals surface area contributed by atoms with Gasteiger partial charge in [-0.3, -0.25) is 4.79 Å². The number of Topliss-reactive ketones (excluding diaryl/α,β-unsaturated/α-hetero) is 1. The maximum absolute atomic E-state index is 12.3. The first kappa shape index (κ1) is 13.3. The number of benzene rings is 1. The van der Waals surface area contributed by atoms with Gasteiger partial charge in [-0.1, -0.05) is 12.1 Å². The van der Waals surface area contributed by atoms with Crippen molar-refractivity contribution in [2.24, 2.45) is 5.92 Å². The van der Waals surface area contributed by atoms with Gasteiger partial charge in [0.25, 0.3) is 0 Å². The minimum absolute atomic E-state index is 0.189. The van der Waals surface area contributed by atoms with Crippen molar-refractivity contribution < 1.29 is 14.3 Å². The molecule has 0 bridgehead atoms. The topological polar surface area (TPSA) is 43.4 Å². The van der Waals surface area contributed by atoms with Crippen LogP contribution in [0.2, 0.25) is 0 Å². The van der Waals surface area contributed by atoms with Crippen LogP contribution in [0.1, 0.15) is 45.4 Å². The molecule has 1 aliphatic rings. The zero-order valence-corrected chi connectivity index (χ0v) is 12.4. The fourth-order valence-corrected chi connectivity index (χ4v) is 3.61. The standard InChI is InChI=1S/C16H16O3S/c1-3-19-16(18)14-9(2)11-5-4-6-12(15(11)20-14)13(17)10-7-8-10/h4-6,10H,3,7-8H2,1-2H3. The van der Waals surface area contributed by atoms with Gasteiger partial charge in [0, 0.05) is 16.2 Å². The van der Waals surface area contributed by atoms with Gasteiger partial charge >= 0.3 is 5.97 Å². The lowest BCUT2D eigenvalue weighted by Crippen LogP contribution is -2.03. The van der Waals surface area contributed by atoms with Gasteiger partial charge in [0.05, 0.1) is 6.61 Å². The Bertz CT molecular complexity index is 695. The molecule has 2 aromatic rings. The van der Waals surface area contributed by atoms with Crippen LogP contribution in [0.3, 0.4) is 0 Å². The molecule has 1 aliphatic carbocycles. The molecule has 0 unspecified atom stereocenters. The zero-order valence-electron chi connectivity index (χ0n) is 11.6. The second-order valence-electron chi connectivity index (χ2n) is 5.10. The Kier molecular flexibility index (Phi) is 3.34. The van der Waals surface area contributed by atoms with E-state index < -0.39 is 0 Å². The predicted octanol–water partition coefficient (Wildman–Crippen LogP) is 3.98. The maximum atomic E-state index is 12.3. The quantitative estimate of drug-likeness (QED) is 0.631. The van der Waals surface area contributed by atoms with Crippen LogP contribution in [-0.2, 0) is 4.74 Å². The lowest BCUT2D eigenvalue weighted by Gasteiger charge is -2.00. The van der Waals surface area contributed by atoms with Gasteiger partial charge in [0.2, 0.25) is 0 Å². The first-order chi connectivity index (χ1) is 9.63. The summed E-state index contributed by atoms with van der Waals surface area (Å²) < 4.78 is 6.01. The first-order valence-electron chi connectivity index (χ1n) is 6.87. The van der Waals surface area contributed by atoms with Gasteiger partial charge in [0.1, 0.15) is 4.88 Å². The molecular weight excluding hydrogens is 272 g/mol. The number of rotatable bonds is 4. The number of fused-ring (bicyclic) bond motifs is 1. The summed E-state index contributed by atoms with van der Waals surface area (Å²) in [5, 5.41) is 0.990. The van der Waals surface area contributed by atoms with Crippen molar-refractivity contribution in [2.45, 2.75) is 26.7 Å². The van der Waals surface area contributed by atoms with Crippen molar-refractivity contribution in [3.63, 3.8) is 0 Å². The summed E-state index contributed by atoms with van der Waals surface area (Å²) in [7, 11) is 0. The Morgan fingerprint density at radius 2 is 2.10 bits per heavy atom. The molecule has 0 atom stereocenters. The molecule has 3 rings (SSSR count). The van der Waals surface area contributed by atoms with Crippen LogP contribution in [0.15, 0.2) is 18.2 Å². The highest BCUT2D eigenvalue weighted by Gasteiger charge is 2.32. The molecule has 0 aliphatic heterocycles. The fraction of sp³-hybridized carbons (Fsp3) is 0.375. The van der Waals surface area contributed by atoms with Gasteiger partial charge in [0.15, 0.2) is 5.78 Å². The van der Waals surface area contributed by atoms with Crippen molar-refractivity contribution in [2.75, 3.05) is 6.61 Å². The van der Waals surface area contributed by atoms with E-state index >= 15 is 0 Å². The molecule has 0 saturated heterocycles. The summed E-state index contributed by atoms with van der Waals surface area (Å²) >= 11 is 1.38. The van der Waals surface area contributed by atoms with Gasteiger partial charge < -0.3 is 4.74 Å². The van der Waals surface area contributed by atoms with E-state index in [0.717, 1.165) is 34.1 Å². The molecule has 1 fully saturated rings. The highest BCUT2D eigenvalue weighted by molar-refractivity contribution is 7.21. The van der Waals surface area contributed by atoms with Crippen molar-refractivity contribution in [1.82, 2.24) is 0 Å². The van der Waals surface area contributed by atoms with Gasteiger partial charge in [-0.25, -0.2) is 4.79 Å². The third-order valence-electron chi connectivity index (χ3n) is 3.64. The van der Waals surface area contributed by atoms with Gasteiger partial charge in [-0.15, -0.1) is 11.3 Å². The molecule has 0 amide bonds. The first-order valence-corrected chi connectivity index (χ1v) is 7.68. The van der Waals surface area contributed by atoms with Crippen LogP contribution >= 0.6 is 11.3 Å². The average molecular weight is 288 g/mol. The number of ketones is 1. The van der Waals surface area contributed by atoms with E-state index in [0.29, 0.717) is 11.5 Å². The third kappa shape index (κ3) is 2.14. The minimum atomic E-state index is -0.295. The van der Waals surface area contributed by atoms with Crippen LogP contribution in [0.25, 0.3) is 10.1 Å². The van der Waals surface area contributed by atoms with Crippen LogP contribution in [0, 0.1) is 12.8 Å². The van der Waals surface area contributed by atoms with Crippen LogP contribution in [0.4, 0.5) is 0 Å². The molecule has 0 spiro atoms. The second-order valence-corrected chi connectivity index (χ2v) is 6.12. The monoisotopic (exact) mass is 288 g/mol. The van der Waals surface area contributed by atoms with E-state index in [4.69, 9.17) is 4.74 Å². The SMILES string of the molecule is CCOC(=O)c1sc2c(C(=O)C3CC3)cccc2c1C. The summed E-state index contributed by atoms with van der Waals surface area (Å²) in [5.41, 5.74) is 1.67. The van der Waals surface area contributed by atoms with Crippen molar-refractivity contribution in [3.05, 3.63) is 34.2 Å². The van der Waals surface area contributed by atoms with E-state index in [2.05, 4.69) is 0 Å². The minimum Gasteiger partial charge on any atom is -0.462 e. The Morgan fingerprint density at radius 3 is 2.75 bits per heavy atom. The van der Waals surface area contributed by atoms with Crippen LogP contribution < -0.4 is 0 Å². The summed E-state index contributed by atoms with van der Waals surface area (Å²) in [6.07, 6.45) is 1.98. The van der Waals surface area contributed by atoms with Gasteiger partial charge in [-0.2, -0.15) is 0 Å². The summed E-state index contributed by atoms with van der Waals surface area (Å²) in [6, 6.07) is 5.73. The number of thiophene rings is 1. The number of ether oxygens (including phenoxy) is 1. The molecule has 104 valence electrons. The normalized spacial score (nSPS) is 14.5. The van der Waals surface area contributed by atoms with Crippen molar-refractivity contribution in [1.29, 1.82) is 0 Å². The third-order valence-corrected chi connectivity index (χ3v) is 4.96. The maximum Gasteiger partial charge on any atom is 0.348 e. The van der Waals surface area contributed by atoms with E-state index in [1.54, 1.807) is 6.92 Å². The van der Waals surface area contributed by atoms with Crippen LogP contribution in [0.5, 0.6) is 0 Å². The largest absolute Gasteiger partial charge is 0.462 e. The molecular formula is C16H16O3S. The molecule has 1 saturated carbocycles. The Hall–Kier alpha value is -1.68. The van der Waals surface area contributed by atoms with E-state index in [1.807, 2.05) is 25.1 Å². The van der Waals surface area contributed by atoms with Gasteiger partial charge in [-0.05, 0) is 43.7 Å². The smallest absolute Gasteiger partial charge is 0.348 e. The highest BCUT2D eigenvalue weighted by atomic mass is 32.1. The van der Waals surface area contributed by atoms with E-state index in [9.17, 15) is 9.59 Å². The van der Waals surface area contributed by atoms with E-state index in [1.165, 1.54) is 11.3 Å². The predicted molar refractivity (Wildman–Crippen MR) is 79.6 cm³/mol. The number of carbonyl (C=O) groups is 2. The Balaban J connectivity index is 2.12. The number of hydrogen-bond donors (Lipinski definition) is 0. The molecule has 0 radical (unpaired) electrons. The molecule has 4 heteroatoms. The van der Waals surface area contributed by atoms with Crippen molar-refractivity contribution >= 4 is 33.2 Å². The average Bonchev–Trinajstić information content (AvgIpc) is 3.23. The second kappa shape index (κ2) is 5.02. The van der Waals surface area contributed by atoms with Crippen LogP contribution in [-0.4, -0.2) is 18.4 Å². The zero-order chi connectivity index (χ0) is 14.3. The van der Waals surface area contributed by atoms with E-state index in [-0.39, 0.29) is 17.7 Å². The molecule has 3 nitrogen and oxygen atoms in total. The number of esters is 1. The Labute approximate surface area is 121 Å². The summed E-state index contributed by atoms with van der Waals surface area (Å²) in [5.74, 6) is 0.109. The fourth-order valence-electron chi connectivity index (χ4n) is 2.39. The highest BCUT2D eigenvalue weighted by Crippen LogP contribution is 2.38. The number of hydrogen-bond acceptors (Lipinski definition) is 4. The molecule has 20 heavy (non-hydrogen) atoms. The molecule has 1 aromatic carbocycles. The summed E-state index contributed by atoms with van der Waals surface area (Å²) in [6.45, 7) is 4.07. The summed E-state index contributed by atoms with van der Waals surface area (Å²) in [4.78, 5) is 24.9. The molecule has 1 heterocycles. The number of aryl methyl sites for hydroxylation is 1. The Morgan fingerprint density at radius 1 is 1.35 bits per heavy atom. The number of carbonyl (C=O) groups excluding carboxylic acids is 2. The molecule has 0 N–H and O–H groups in total. The lowest BCUT2D eigenvalue weighted by molar-refractivity contribution is 0.0531. The molecule has 1 aromatic heterocycles. The lowest BCUT2D eigenvalue weighted by atomic mass is 10.0.